The van der Waals surface area contributed by atoms with E-state index in [9.17, 15) is 9.59 Å². The summed E-state index contributed by atoms with van der Waals surface area (Å²) in [5.74, 6) is 0.697. The molecule has 9 heteroatoms. The molecule has 1 aliphatic heterocycles. The first-order valence-corrected chi connectivity index (χ1v) is 9.78. The fraction of sp³-hybridized carbons (Fsp3) is 0.286. The molecule has 0 aliphatic carbocycles. The topological polar surface area (TPSA) is 108 Å². The summed E-state index contributed by atoms with van der Waals surface area (Å²) in [6.07, 6.45) is 5.94. The normalized spacial score (nSPS) is 14.5. The maximum atomic E-state index is 12.2. The van der Waals surface area contributed by atoms with E-state index >= 15 is 0 Å². The zero-order chi connectivity index (χ0) is 20.9. The smallest absolute Gasteiger partial charge is 0.407 e. The monoisotopic (exact) mass is 409 g/mol. The lowest BCUT2D eigenvalue weighted by Gasteiger charge is -2.30. The van der Waals surface area contributed by atoms with Gasteiger partial charge in [-0.1, -0.05) is 0 Å². The minimum atomic E-state index is -0.885. The van der Waals surface area contributed by atoms with Gasteiger partial charge in [0.05, 0.1) is 0 Å². The maximum absolute atomic E-state index is 12.2. The molecular formula is C21H23N5O4. The number of imidazole rings is 1. The molecule has 3 heterocycles. The number of aromatic nitrogens is 2. The van der Waals surface area contributed by atoms with Gasteiger partial charge in [-0.15, -0.1) is 0 Å². The molecule has 1 fully saturated rings. The molecule has 0 saturated carbocycles. The third kappa shape index (κ3) is 4.80. The van der Waals surface area contributed by atoms with Crippen molar-refractivity contribution in [3.05, 3.63) is 60.6 Å². The molecule has 0 atom stereocenters. The number of amides is 3. The lowest BCUT2D eigenvalue weighted by molar-refractivity contribution is 0.0895. The maximum Gasteiger partial charge on any atom is 0.407 e. The molecule has 2 aromatic heterocycles. The van der Waals surface area contributed by atoms with Crippen molar-refractivity contribution in [2.24, 2.45) is 0 Å². The van der Waals surface area contributed by atoms with Crippen molar-refractivity contribution in [3.63, 3.8) is 0 Å². The number of anilines is 1. The number of hydrogen-bond acceptors (Lipinski definition) is 4. The number of hydrogen-bond donors (Lipinski definition) is 3. The van der Waals surface area contributed by atoms with Gasteiger partial charge in [0.1, 0.15) is 17.5 Å². The van der Waals surface area contributed by atoms with Crippen molar-refractivity contribution in [1.82, 2.24) is 19.6 Å². The number of carbonyl (C=O) groups excluding carboxylic acids is 1. The summed E-state index contributed by atoms with van der Waals surface area (Å²) in [6.45, 7) is 1.35. The highest BCUT2D eigenvalue weighted by Gasteiger charge is 2.23. The summed E-state index contributed by atoms with van der Waals surface area (Å²) in [5, 5.41) is 14.6. The number of rotatable bonds is 5. The van der Waals surface area contributed by atoms with E-state index in [1.165, 1.54) is 4.90 Å². The third-order valence-electron chi connectivity index (χ3n) is 5.04. The van der Waals surface area contributed by atoms with Crippen molar-refractivity contribution >= 4 is 23.5 Å². The molecule has 1 aliphatic rings. The first kappa shape index (κ1) is 19.6. The fourth-order valence-electron chi connectivity index (χ4n) is 3.39. The number of carboxylic acid groups (broad SMARTS) is 1. The number of urea groups is 1. The van der Waals surface area contributed by atoms with Gasteiger partial charge in [0, 0.05) is 56.8 Å². The van der Waals surface area contributed by atoms with Crippen LogP contribution in [-0.4, -0.2) is 50.7 Å². The molecule has 156 valence electrons. The molecule has 0 radical (unpaired) electrons. The van der Waals surface area contributed by atoms with Crippen molar-refractivity contribution < 1.29 is 19.4 Å². The Morgan fingerprint density at radius 1 is 1.13 bits per heavy atom. The quantitative estimate of drug-likeness (QED) is 0.600. The van der Waals surface area contributed by atoms with E-state index < -0.39 is 6.09 Å². The van der Waals surface area contributed by atoms with Gasteiger partial charge < -0.3 is 29.8 Å². The molecule has 3 amide bonds. The summed E-state index contributed by atoms with van der Waals surface area (Å²) in [5.41, 5.74) is 2.45. The van der Waals surface area contributed by atoms with Crippen molar-refractivity contribution in [2.45, 2.75) is 25.5 Å². The van der Waals surface area contributed by atoms with E-state index in [1.807, 2.05) is 28.9 Å². The second-order valence-electron chi connectivity index (χ2n) is 7.15. The van der Waals surface area contributed by atoms with Gasteiger partial charge in [-0.3, -0.25) is 0 Å². The van der Waals surface area contributed by atoms with Gasteiger partial charge in [-0.2, -0.15) is 0 Å². The molecule has 1 aromatic carbocycles. The summed E-state index contributed by atoms with van der Waals surface area (Å²) in [7, 11) is 0. The predicted molar refractivity (Wildman–Crippen MR) is 111 cm³/mol. The lowest BCUT2D eigenvalue weighted by atomic mass is 10.1. The van der Waals surface area contributed by atoms with Crippen molar-refractivity contribution in [1.29, 1.82) is 0 Å². The Morgan fingerprint density at radius 2 is 1.90 bits per heavy atom. The number of nitrogens with one attached hydrogen (secondary N) is 2. The SMILES string of the molecule is O=C(NCc1ccn2ccnc2c1)Nc1ccc(OC2CCN(C(=O)O)CC2)cc1. The van der Waals surface area contributed by atoms with Crippen LogP contribution in [0.4, 0.5) is 15.3 Å². The van der Waals surface area contributed by atoms with Gasteiger partial charge in [0.2, 0.25) is 0 Å². The number of pyridine rings is 1. The van der Waals surface area contributed by atoms with Crippen LogP contribution in [0, 0.1) is 0 Å². The molecule has 4 rings (SSSR count). The standard InChI is InChI=1S/C21H23N5O4/c27-20(23-14-15-5-9-25-12-8-22-19(25)13-15)24-16-1-3-17(4-2-16)30-18-6-10-26(11-7-18)21(28)29/h1-5,8-9,12-13,18H,6-7,10-11,14H2,(H,28,29)(H2,23,24,27). The van der Waals surface area contributed by atoms with Gasteiger partial charge in [0.25, 0.3) is 0 Å². The molecule has 30 heavy (non-hydrogen) atoms. The number of piperidine rings is 1. The van der Waals surface area contributed by atoms with Gasteiger partial charge in [0.15, 0.2) is 0 Å². The number of fused-ring (bicyclic) bond motifs is 1. The highest BCUT2D eigenvalue weighted by atomic mass is 16.5. The van der Waals surface area contributed by atoms with Crippen LogP contribution in [0.15, 0.2) is 55.0 Å². The Balaban J connectivity index is 1.24. The molecule has 0 unspecified atom stereocenters. The van der Waals surface area contributed by atoms with Crippen LogP contribution in [0.5, 0.6) is 5.75 Å². The van der Waals surface area contributed by atoms with Gasteiger partial charge in [-0.05, 0) is 42.0 Å². The van der Waals surface area contributed by atoms with E-state index in [-0.39, 0.29) is 12.1 Å². The molecule has 3 N–H and O–H groups in total. The Hall–Kier alpha value is -3.75. The Kier molecular flexibility index (Phi) is 5.69. The van der Waals surface area contributed by atoms with Crippen LogP contribution < -0.4 is 15.4 Å². The van der Waals surface area contributed by atoms with E-state index in [0.29, 0.717) is 43.9 Å². The molecule has 0 bridgehead atoms. The number of ether oxygens (including phenoxy) is 1. The van der Waals surface area contributed by atoms with Crippen LogP contribution in [0.2, 0.25) is 0 Å². The van der Waals surface area contributed by atoms with Crippen molar-refractivity contribution in [2.75, 3.05) is 18.4 Å². The highest BCUT2D eigenvalue weighted by molar-refractivity contribution is 5.89. The van der Waals surface area contributed by atoms with Crippen LogP contribution in [0.3, 0.4) is 0 Å². The third-order valence-corrected chi connectivity index (χ3v) is 5.04. The molecule has 1 saturated heterocycles. The van der Waals surface area contributed by atoms with Gasteiger partial charge >= 0.3 is 12.1 Å². The minimum Gasteiger partial charge on any atom is -0.490 e. The van der Waals surface area contributed by atoms with E-state index in [2.05, 4.69) is 15.6 Å². The zero-order valence-electron chi connectivity index (χ0n) is 16.3. The average molecular weight is 409 g/mol. The van der Waals surface area contributed by atoms with Crippen molar-refractivity contribution in [3.8, 4) is 5.75 Å². The summed E-state index contributed by atoms with van der Waals surface area (Å²) in [4.78, 5) is 28.7. The molecular weight excluding hydrogens is 386 g/mol. The predicted octanol–water partition coefficient (Wildman–Crippen LogP) is 3.18. The number of likely N-dealkylation sites (tertiary alicyclic amines) is 1. The van der Waals surface area contributed by atoms with Crippen LogP contribution in [-0.2, 0) is 6.54 Å². The van der Waals surface area contributed by atoms with Crippen LogP contribution in [0.1, 0.15) is 18.4 Å². The second kappa shape index (κ2) is 8.73. The summed E-state index contributed by atoms with van der Waals surface area (Å²) >= 11 is 0. The van der Waals surface area contributed by atoms with Crippen LogP contribution in [0.25, 0.3) is 5.65 Å². The Morgan fingerprint density at radius 3 is 2.63 bits per heavy atom. The van der Waals surface area contributed by atoms with E-state index in [4.69, 9.17) is 9.84 Å². The summed E-state index contributed by atoms with van der Waals surface area (Å²) in [6, 6.07) is 10.7. The zero-order valence-corrected chi connectivity index (χ0v) is 16.3. The van der Waals surface area contributed by atoms with E-state index in [1.54, 1.807) is 30.5 Å². The Labute approximate surface area is 173 Å². The number of nitrogens with zero attached hydrogens (tertiary/aromatic N) is 3. The largest absolute Gasteiger partial charge is 0.490 e. The first-order valence-electron chi connectivity index (χ1n) is 9.78. The molecule has 3 aromatic rings. The summed E-state index contributed by atoms with van der Waals surface area (Å²) < 4.78 is 7.83. The minimum absolute atomic E-state index is 0.00451. The number of benzene rings is 1. The lowest BCUT2D eigenvalue weighted by Crippen LogP contribution is -2.41. The van der Waals surface area contributed by atoms with E-state index in [0.717, 1.165) is 11.2 Å². The Bertz CT molecular complexity index is 1030. The van der Waals surface area contributed by atoms with Gasteiger partial charge in [-0.25, -0.2) is 14.6 Å². The first-order chi connectivity index (χ1) is 14.6. The molecule has 0 spiro atoms. The number of carbonyl (C=O) groups is 2. The fourth-order valence-corrected chi connectivity index (χ4v) is 3.39. The van der Waals surface area contributed by atoms with Crippen LogP contribution >= 0.6 is 0 Å². The average Bonchev–Trinajstić information content (AvgIpc) is 3.22. The highest BCUT2D eigenvalue weighted by Crippen LogP contribution is 2.21. The second-order valence-corrected chi connectivity index (χ2v) is 7.15. The molecule has 9 nitrogen and oxygen atoms in total.